The van der Waals surface area contributed by atoms with Crippen LogP contribution in [0.4, 0.5) is 4.39 Å². The van der Waals surface area contributed by atoms with E-state index in [1.165, 1.54) is 20.2 Å². The topological polar surface area (TPSA) is 64.1 Å². The fourth-order valence-corrected chi connectivity index (χ4v) is 1.65. The average molecular weight is 261 g/mol. The van der Waals surface area contributed by atoms with Gasteiger partial charge in [-0.15, -0.1) is 0 Å². The van der Waals surface area contributed by atoms with Crippen LogP contribution in [0.15, 0.2) is 30.5 Å². The molecule has 19 heavy (non-hydrogen) atoms. The number of nitrogens with one attached hydrogen (secondary N) is 1. The van der Waals surface area contributed by atoms with Gasteiger partial charge in [-0.25, -0.2) is 4.98 Å². The largest absolute Gasteiger partial charge is 0.491 e. The highest BCUT2D eigenvalue weighted by molar-refractivity contribution is 5.93. The molecule has 0 radical (unpaired) electrons. The lowest BCUT2D eigenvalue weighted by molar-refractivity contribution is 0.0957. The van der Waals surface area contributed by atoms with E-state index >= 15 is 0 Å². The monoisotopic (exact) mass is 261 g/mol. The molecule has 0 saturated heterocycles. The quantitative estimate of drug-likeness (QED) is 0.853. The zero-order valence-electron chi connectivity index (χ0n) is 10.5. The normalized spacial score (nSPS) is 10.1. The highest BCUT2D eigenvalue weighted by Gasteiger charge is 2.18. The smallest absolute Gasteiger partial charge is 0.269 e. The van der Waals surface area contributed by atoms with E-state index in [2.05, 4.69) is 15.3 Å². The van der Waals surface area contributed by atoms with Crippen molar-refractivity contribution in [1.82, 2.24) is 15.3 Å². The van der Waals surface area contributed by atoms with Crippen molar-refractivity contribution in [3.8, 4) is 17.0 Å². The molecule has 2 heterocycles. The summed E-state index contributed by atoms with van der Waals surface area (Å²) in [6, 6.07) is 6.65. The van der Waals surface area contributed by atoms with Gasteiger partial charge in [0, 0.05) is 18.8 Å². The molecule has 2 rings (SSSR count). The van der Waals surface area contributed by atoms with Gasteiger partial charge in [0.1, 0.15) is 5.69 Å². The first-order valence-corrected chi connectivity index (χ1v) is 5.55. The summed E-state index contributed by atoms with van der Waals surface area (Å²) in [6.07, 6.45) is 1.58. The Morgan fingerprint density at radius 2 is 2.21 bits per heavy atom. The summed E-state index contributed by atoms with van der Waals surface area (Å²) in [7, 11) is 2.79. The van der Waals surface area contributed by atoms with Gasteiger partial charge in [-0.1, -0.05) is 6.07 Å². The standard InChI is InChI=1S/C13H12FN3O2/c1-15-13(18)10-7-8(9-5-3-4-6-16-9)11(19-2)12(14)17-10/h3-7H,1-2H3,(H,15,18). The van der Waals surface area contributed by atoms with Crippen LogP contribution < -0.4 is 10.1 Å². The van der Waals surface area contributed by atoms with Crippen LogP contribution in [0.5, 0.6) is 5.75 Å². The predicted octanol–water partition coefficient (Wildman–Crippen LogP) is 1.65. The van der Waals surface area contributed by atoms with E-state index < -0.39 is 11.9 Å². The molecule has 6 heteroatoms. The molecule has 1 amide bonds. The van der Waals surface area contributed by atoms with Crippen molar-refractivity contribution >= 4 is 5.91 Å². The van der Waals surface area contributed by atoms with Crippen LogP contribution in [-0.2, 0) is 0 Å². The molecular weight excluding hydrogens is 249 g/mol. The van der Waals surface area contributed by atoms with Crippen LogP contribution in [0.2, 0.25) is 0 Å². The van der Waals surface area contributed by atoms with Crippen LogP contribution in [0, 0.1) is 5.95 Å². The lowest BCUT2D eigenvalue weighted by atomic mass is 10.1. The molecule has 0 atom stereocenters. The van der Waals surface area contributed by atoms with Gasteiger partial charge in [0.25, 0.3) is 11.9 Å². The minimum atomic E-state index is -0.843. The molecule has 0 spiro atoms. The van der Waals surface area contributed by atoms with Gasteiger partial charge in [-0.2, -0.15) is 4.39 Å². The van der Waals surface area contributed by atoms with Gasteiger partial charge >= 0.3 is 0 Å². The Bertz CT molecular complexity index is 602. The van der Waals surface area contributed by atoms with Crippen LogP contribution in [0.1, 0.15) is 10.5 Å². The number of carbonyl (C=O) groups excluding carboxylic acids is 1. The molecule has 0 fully saturated rings. The number of hydrogen-bond donors (Lipinski definition) is 1. The summed E-state index contributed by atoms with van der Waals surface area (Å²) >= 11 is 0. The maximum Gasteiger partial charge on any atom is 0.269 e. The summed E-state index contributed by atoms with van der Waals surface area (Å²) in [6.45, 7) is 0. The number of methoxy groups -OCH3 is 1. The van der Waals surface area contributed by atoms with Gasteiger partial charge < -0.3 is 10.1 Å². The summed E-state index contributed by atoms with van der Waals surface area (Å²) in [4.78, 5) is 19.2. The molecular formula is C13H12FN3O2. The maximum atomic E-state index is 13.8. The number of hydrogen-bond acceptors (Lipinski definition) is 4. The number of rotatable bonds is 3. The van der Waals surface area contributed by atoms with E-state index in [0.29, 0.717) is 11.3 Å². The van der Waals surface area contributed by atoms with Crippen molar-refractivity contribution in [3.05, 3.63) is 42.1 Å². The zero-order valence-corrected chi connectivity index (χ0v) is 10.5. The zero-order chi connectivity index (χ0) is 13.8. The highest BCUT2D eigenvalue weighted by atomic mass is 19.1. The number of amides is 1. The summed E-state index contributed by atoms with van der Waals surface area (Å²) in [5, 5.41) is 2.40. The third-order valence-corrected chi connectivity index (χ3v) is 2.54. The molecule has 5 nitrogen and oxygen atoms in total. The number of aromatic nitrogens is 2. The molecule has 0 aliphatic heterocycles. The second-order valence-corrected chi connectivity index (χ2v) is 3.67. The van der Waals surface area contributed by atoms with Crippen molar-refractivity contribution in [2.24, 2.45) is 0 Å². The summed E-state index contributed by atoms with van der Waals surface area (Å²) in [5.74, 6) is -1.35. The van der Waals surface area contributed by atoms with E-state index in [9.17, 15) is 9.18 Å². The minimum Gasteiger partial charge on any atom is -0.491 e. The van der Waals surface area contributed by atoms with Gasteiger partial charge in [0.2, 0.25) is 0 Å². The van der Waals surface area contributed by atoms with E-state index in [1.54, 1.807) is 24.4 Å². The molecule has 0 unspecified atom stereocenters. The van der Waals surface area contributed by atoms with Crippen molar-refractivity contribution in [1.29, 1.82) is 0 Å². The van der Waals surface area contributed by atoms with Gasteiger partial charge in [-0.05, 0) is 18.2 Å². The first kappa shape index (κ1) is 12.9. The highest BCUT2D eigenvalue weighted by Crippen LogP contribution is 2.30. The van der Waals surface area contributed by atoms with Crippen LogP contribution in [-0.4, -0.2) is 30.0 Å². The molecule has 0 aromatic carbocycles. The van der Waals surface area contributed by atoms with Crippen molar-refractivity contribution < 1.29 is 13.9 Å². The molecule has 1 N–H and O–H groups in total. The number of carbonyl (C=O) groups is 1. The van der Waals surface area contributed by atoms with Gasteiger partial charge in [-0.3, -0.25) is 9.78 Å². The maximum absolute atomic E-state index is 13.8. The van der Waals surface area contributed by atoms with E-state index in [4.69, 9.17) is 4.74 Å². The van der Waals surface area contributed by atoms with Crippen LogP contribution in [0.25, 0.3) is 11.3 Å². The van der Waals surface area contributed by atoms with E-state index in [0.717, 1.165) is 0 Å². The van der Waals surface area contributed by atoms with Crippen molar-refractivity contribution in [2.75, 3.05) is 14.2 Å². The van der Waals surface area contributed by atoms with Crippen LogP contribution >= 0.6 is 0 Å². The first-order chi connectivity index (χ1) is 9.17. The number of halogens is 1. The Morgan fingerprint density at radius 3 is 2.79 bits per heavy atom. The fourth-order valence-electron chi connectivity index (χ4n) is 1.65. The fraction of sp³-hybridized carbons (Fsp3) is 0.154. The summed E-state index contributed by atoms with van der Waals surface area (Å²) in [5.41, 5.74) is 0.862. The molecule has 0 aliphatic carbocycles. The molecule has 98 valence electrons. The summed E-state index contributed by atoms with van der Waals surface area (Å²) < 4.78 is 18.8. The third-order valence-electron chi connectivity index (χ3n) is 2.54. The molecule has 0 saturated carbocycles. The lowest BCUT2D eigenvalue weighted by Crippen LogP contribution is -2.20. The Morgan fingerprint density at radius 1 is 1.42 bits per heavy atom. The van der Waals surface area contributed by atoms with Gasteiger partial charge in [0.15, 0.2) is 5.75 Å². The number of ether oxygens (including phenoxy) is 1. The predicted molar refractivity (Wildman–Crippen MR) is 67.4 cm³/mol. The Hall–Kier alpha value is -2.50. The number of nitrogens with zero attached hydrogens (tertiary/aromatic N) is 2. The molecule has 2 aromatic heterocycles. The van der Waals surface area contributed by atoms with Crippen molar-refractivity contribution in [2.45, 2.75) is 0 Å². The molecule has 0 bridgehead atoms. The SMILES string of the molecule is CNC(=O)c1cc(-c2ccccn2)c(OC)c(F)n1. The molecule has 0 aliphatic rings. The average Bonchev–Trinajstić information content (AvgIpc) is 2.46. The van der Waals surface area contributed by atoms with Gasteiger partial charge in [0.05, 0.1) is 12.8 Å². The Labute approximate surface area is 109 Å². The van der Waals surface area contributed by atoms with Crippen molar-refractivity contribution in [3.63, 3.8) is 0 Å². The van der Waals surface area contributed by atoms with E-state index in [1.807, 2.05) is 0 Å². The second-order valence-electron chi connectivity index (χ2n) is 3.67. The number of pyridine rings is 2. The Kier molecular flexibility index (Phi) is 3.70. The van der Waals surface area contributed by atoms with Crippen LogP contribution in [0.3, 0.4) is 0 Å². The molecule has 2 aromatic rings. The Balaban J connectivity index is 2.63. The second kappa shape index (κ2) is 5.43. The first-order valence-electron chi connectivity index (χ1n) is 5.55. The third kappa shape index (κ3) is 2.52. The van der Waals surface area contributed by atoms with E-state index in [-0.39, 0.29) is 11.4 Å². The lowest BCUT2D eigenvalue weighted by Gasteiger charge is -2.10. The minimum absolute atomic E-state index is 0.0264.